The van der Waals surface area contributed by atoms with Crippen molar-refractivity contribution in [3.63, 3.8) is 0 Å². The van der Waals surface area contributed by atoms with Gasteiger partial charge >= 0.3 is 6.03 Å². The number of hydrogen-bond donors (Lipinski definition) is 2. The molecule has 5 heterocycles. The van der Waals surface area contributed by atoms with Crippen LogP contribution in [-0.4, -0.2) is 61.9 Å². The van der Waals surface area contributed by atoms with E-state index in [1.807, 2.05) is 36.5 Å². The van der Waals surface area contributed by atoms with Crippen LogP contribution in [0.25, 0.3) is 0 Å². The number of hydrogen-bond acceptors (Lipinski definition) is 6. The zero-order chi connectivity index (χ0) is 26.2. The van der Waals surface area contributed by atoms with Crippen molar-refractivity contribution >= 4 is 41.1 Å². The van der Waals surface area contributed by atoms with E-state index in [4.69, 9.17) is 0 Å². The van der Waals surface area contributed by atoms with Crippen LogP contribution in [0.4, 0.5) is 16.3 Å². The molecule has 3 aliphatic rings. The summed E-state index contributed by atoms with van der Waals surface area (Å²) < 4.78 is 1.79. The fourth-order valence-corrected chi connectivity index (χ4v) is 6.52. The molecule has 3 aliphatic heterocycles. The number of amides is 4. The molecule has 194 valence electrons. The Morgan fingerprint density at radius 2 is 2.05 bits per heavy atom. The lowest BCUT2D eigenvalue weighted by atomic mass is 9.99. The number of pyridine rings is 1. The van der Waals surface area contributed by atoms with Gasteiger partial charge in [-0.2, -0.15) is 5.10 Å². The lowest BCUT2D eigenvalue weighted by molar-refractivity contribution is -0.129. The lowest BCUT2D eigenvalue weighted by Crippen LogP contribution is -2.53. The van der Waals surface area contributed by atoms with E-state index >= 15 is 0 Å². The second-order valence-electron chi connectivity index (χ2n) is 9.54. The highest BCUT2D eigenvalue weighted by Gasteiger charge is 2.47. The number of carbonyl (C=O) groups is 3. The van der Waals surface area contributed by atoms with Crippen molar-refractivity contribution in [2.24, 2.45) is 0 Å². The molecule has 0 spiro atoms. The average molecular weight is 530 g/mol. The zero-order valence-corrected chi connectivity index (χ0v) is 21.4. The number of aromatic nitrogens is 3. The summed E-state index contributed by atoms with van der Waals surface area (Å²) in [5.41, 5.74) is 2.61. The van der Waals surface area contributed by atoms with Crippen molar-refractivity contribution < 1.29 is 14.4 Å². The number of benzene rings is 1. The first-order valence-electron chi connectivity index (χ1n) is 12.6. The van der Waals surface area contributed by atoms with Crippen molar-refractivity contribution in [2.75, 3.05) is 18.0 Å². The molecule has 10 nitrogen and oxygen atoms in total. The van der Waals surface area contributed by atoms with Crippen molar-refractivity contribution in [1.29, 1.82) is 0 Å². The molecule has 2 N–H and O–H groups in total. The van der Waals surface area contributed by atoms with Gasteiger partial charge in [0.2, 0.25) is 11.8 Å². The topological polar surface area (TPSA) is 112 Å². The summed E-state index contributed by atoms with van der Waals surface area (Å²) >= 11 is 1.35. The Morgan fingerprint density at radius 3 is 2.87 bits per heavy atom. The molecule has 2 aromatic heterocycles. The zero-order valence-electron chi connectivity index (χ0n) is 20.6. The van der Waals surface area contributed by atoms with Crippen molar-refractivity contribution in [2.45, 2.75) is 41.7 Å². The maximum absolute atomic E-state index is 13.4. The summed E-state index contributed by atoms with van der Waals surface area (Å²) in [5, 5.41) is 10.9. The van der Waals surface area contributed by atoms with Crippen LogP contribution in [0.1, 0.15) is 30.0 Å². The van der Waals surface area contributed by atoms with E-state index in [1.54, 1.807) is 32.8 Å². The van der Waals surface area contributed by atoms with Crippen molar-refractivity contribution in [3.05, 3.63) is 78.6 Å². The monoisotopic (exact) mass is 529 g/mol. The van der Waals surface area contributed by atoms with Crippen LogP contribution in [0.5, 0.6) is 0 Å². The van der Waals surface area contributed by atoms with Crippen LogP contribution >= 0.6 is 11.8 Å². The van der Waals surface area contributed by atoms with Gasteiger partial charge in [0.25, 0.3) is 0 Å². The van der Waals surface area contributed by atoms with Crippen molar-refractivity contribution in [3.8, 4) is 0 Å². The standard InChI is InChI=1S/C27H27N7O3S/c1-2-21(35)32-13-6-9-18(16-32)29-25(36)24-23-22-19(10-12-28-26(22)38-24)34(27(37)30-23)20-11-14-33(31-20)15-17-7-4-3-5-8-17/h2-5,7-8,10-12,14,18,23-24H,1,6,9,13,15-16H2,(H,29,36)(H,30,37)/t18?,23?,24-/m1/s1. The van der Waals surface area contributed by atoms with E-state index in [9.17, 15) is 14.4 Å². The molecule has 3 atom stereocenters. The Kier molecular flexibility index (Phi) is 6.36. The van der Waals surface area contributed by atoms with Gasteiger partial charge in [0, 0.05) is 43.2 Å². The summed E-state index contributed by atoms with van der Waals surface area (Å²) in [7, 11) is 0. The van der Waals surface area contributed by atoms with Gasteiger partial charge in [0.05, 0.1) is 18.3 Å². The molecular weight excluding hydrogens is 502 g/mol. The summed E-state index contributed by atoms with van der Waals surface area (Å²) in [6, 6.07) is 12.6. The molecule has 1 aromatic carbocycles. The average Bonchev–Trinajstić information content (AvgIpc) is 3.54. The van der Waals surface area contributed by atoms with Gasteiger partial charge in [-0.15, -0.1) is 0 Å². The Bertz CT molecular complexity index is 1410. The van der Waals surface area contributed by atoms with Crippen molar-refractivity contribution in [1.82, 2.24) is 30.3 Å². The van der Waals surface area contributed by atoms with Gasteiger partial charge in [-0.05, 0) is 30.5 Å². The van der Waals surface area contributed by atoms with E-state index in [0.29, 0.717) is 36.2 Å². The van der Waals surface area contributed by atoms with E-state index in [0.717, 1.165) is 24.0 Å². The summed E-state index contributed by atoms with van der Waals surface area (Å²) in [4.78, 5) is 46.6. The molecule has 3 aromatic rings. The van der Waals surface area contributed by atoms with Gasteiger partial charge in [0.1, 0.15) is 10.3 Å². The van der Waals surface area contributed by atoms with Gasteiger partial charge in [0.15, 0.2) is 5.82 Å². The highest BCUT2D eigenvalue weighted by Crippen LogP contribution is 2.50. The molecule has 0 bridgehead atoms. The summed E-state index contributed by atoms with van der Waals surface area (Å²) in [6.07, 6.45) is 6.40. The second kappa shape index (κ2) is 9.97. The van der Waals surface area contributed by atoms with Crippen LogP contribution in [0, 0.1) is 0 Å². The number of carbonyl (C=O) groups excluding carboxylic acids is 3. The number of likely N-dealkylation sites (tertiary alicyclic amines) is 1. The molecular formula is C27H27N7O3S. The normalized spacial score (nSPS) is 22.0. The van der Waals surface area contributed by atoms with Crippen LogP contribution in [0.2, 0.25) is 0 Å². The molecule has 1 saturated heterocycles. The van der Waals surface area contributed by atoms with E-state index < -0.39 is 11.3 Å². The van der Waals surface area contributed by atoms with Crippen LogP contribution in [0.3, 0.4) is 0 Å². The number of piperidine rings is 1. The third kappa shape index (κ3) is 4.43. The van der Waals surface area contributed by atoms with Gasteiger partial charge < -0.3 is 15.5 Å². The number of urea groups is 1. The minimum absolute atomic E-state index is 0.133. The Hall–Kier alpha value is -4.12. The van der Waals surface area contributed by atoms with E-state index in [-0.39, 0.29) is 23.9 Å². The first-order valence-corrected chi connectivity index (χ1v) is 13.4. The van der Waals surface area contributed by atoms with Crippen LogP contribution in [-0.2, 0) is 16.1 Å². The lowest BCUT2D eigenvalue weighted by Gasteiger charge is -2.35. The smallest absolute Gasteiger partial charge is 0.328 e. The first-order chi connectivity index (χ1) is 18.5. The molecule has 0 aliphatic carbocycles. The highest BCUT2D eigenvalue weighted by molar-refractivity contribution is 8.01. The molecule has 1 fully saturated rings. The number of rotatable bonds is 6. The Balaban J connectivity index is 1.21. The fourth-order valence-electron chi connectivity index (χ4n) is 5.29. The Labute approximate surface area is 224 Å². The SMILES string of the molecule is C=CC(=O)N1CCCC(NC(=O)[C@@H]2Sc3nccc4c3C2NC(=O)N4c2ccn(Cc3ccccc3)n2)C1. The summed E-state index contributed by atoms with van der Waals surface area (Å²) in [5.74, 6) is 0.186. The minimum atomic E-state index is -0.564. The summed E-state index contributed by atoms with van der Waals surface area (Å²) in [6.45, 7) is 5.25. The molecule has 4 amide bonds. The molecule has 0 saturated carbocycles. The maximum Gasteiger partial charge on any atom is 0.328 e. The first kappa shape index (κ1) is 24.2. The van der Waals surface area contributed by atoms with Gasteiger partial charge in [-0.1, -0.05) is 48.7 Å². The second-order valence-corrected chi connectivity index (χ2v) is 10.7. The molecule has 38 heavy (non-hydrogen) atoms. The fraction of sp³-hybridized carbons (Fsp3) is 0.296. The van der Waals surface area contributed by atoms with Gasteiger partial charge in [-0.25, -0.2) is 14.7 Å². The number of thioether (sulfide) groups is 1. The van der Waals surface area contributed by atoms with Crippen LogP contribution in [0.15, 0.2) is 72.5 Å². The molecule has 6 rings (SSSR count). The largest absolute Gasteiger partial charge is 0.351 e. The number of nitrogens with one attached hydrogen (secondary N) is 2. The predicted octanol–water partition coefficient (Wildman–Crippen LogP) is 3.00. The molecule has 11 heteroatoms. The van der Waals surface area contributed by atoms with E-state index in [1.165, 1.54) is 17.8 Å². The minimum Gasteiger partial charge on any atom is -0.351 e. The maximum atomic E-state index is 13.4. The molecule has 2 unspecified atom stereocenters. The van der Waals surface area contributed by atoms with Crippen LogP contribution < -0.4 is 15.5 Å². The highest BCUT2D eigenvalue weighted by atomic mass is 32.2. The predicted molar refractivity (Wildman–Crippen MR) is 143 cm³/mol. The quantitative estimate of drug-likeness (QED) is 0.475. The third-order valence-electron chi connectivity index (χ3n) is 7.06. The van der Waals surface area contributed by atoms with E-state index in [2.05, 4.69) is 27.3 Å². The number of nitrogens with zero attached hydrogens (tertiary/aromatic N) is 5. The Morgan fingerprint density at radius 1 is 1.21 bits per heavy atom. The molecule has 0 radical (unpaired) electrons. The third-order valence-corrected chi connectivity index (χ3v) is 8.35. The number of anilines is 2. The van der Waals surface area contributed by atoms with Gasteiger partial charge in [-0.3, -0.25) is 14.3 Å².